The number of hydroxylamine groups is 1. The van der Waals surface area contributed by atoms with Crippen LogP contribution in [0, 0.1) is 11.6 Å². The molecule has 0 unspecified atom stereocenters. The number of hydrogen-bond acceptors (Lipinski definition) is 9. The zero-order valence-corrected chi connectivity index (χ0v) is 24.5. The molecule has 0 bridgehead atoms. The molecule has 6 rings (SSSR count). The lowest BCUT2D eigenvalue weighted by atomic mass is 9.99. The van der Waals surface area contributed by atoms with Gasteiger partial charge in [-0.15, -0.1) is 0 Å². The molecule has 1 aromatic heterocycles. The second-order valence-electron chi connectivity index (χ2n) is 11.4. The van der Waals surface area contributed by atoms with Gasteiger partial charge in [0, 0.05) is 74.6 Å². The minimum absolute atomic E-state index is 0.236. The summed E-state index contributed by atoms with van der Waals surface area (Å²) in [6.45, 7) is 8.16. The summed E-state index contributed by atoms with van der Waals surface area (Å²) in [5.41, 5.74) is 2.14. The van der Waals surface area contributed by atoms with E-state index in [1.165, 1.54) is 17.5 Å². The Morgan fingerprint density at radius 1 is 1.00 bits per heavy atom. The molecule has 1 N–H and O–H groups in total. The maximum absolute atomic E-state index is 14.6. The first-order valence-corrected chi connectivity index (χ1v) is 14.7. The first kappa shape index (κ1) is 28.6. The summed E-state index contributed by atoms with van der Waals surface area (Å²) in [5.74, 6) is -0.0594. The van der Waals surface area contributed by atoms with Gasteiger partial charge < -0.3 is 19.9 Å². The largest absolute Gasteiger partial charge is 0.494 e. The highest BCUT2D eigenvalue weighted by molar-refractivity contribution is 5.70. The average Bonchev–Trinajstić information content (AvgIpc) is 3.49. The number of piperazine rings is 1. The minimum atomic E-state index is -0.881. The Morgan fingerprint density at radius 2 is 1.83 bits per heavy atom. The Morgan fingerprint density at radius 3 is 2.62 bits per heavy atom. The number of anilines is 4. The second-order valence-corrected chi connectivity index (χ2v) is 11.4. The summed E-state index contributed by atoms with van der Waals surface area (Å²) in [6, 6.07) is 12.8. The summed E-state index contributed by atoms with van der Waals surface area (Å²) in [4.78, 5) is 22.1. The van der Waals surface area contributed by atoms with Crippen LogP contribution in [0.1, 0.15) is 37.8 Å². The van der Waals surface area contributed by atoms with E-state index >= 15 is 0 Å². The predicted molar refractivity (Wildman–Crippen MR) is 159 cm³/mol. The SMILES string of the molecule is COc1cc(N2CCC(N3CCN(C)C[C@@H]3C)CC2)ccc1Nc1cc(N2OCC[C@@H]2c2cccc(F)c2F)ncn1. The molecule has 2 aromatic carbocycles. The van der Waals surface area contributed by atoms with Crippen LogP contribution in [0.5, 0.6) is 5.75 Å². The minimum Gasteiger partial charge on any atom is -0.494 e. The smallest absolute Gasteiger partial charge is 0.164 e. The Bertz CT molecular complexity index is 1390. The zero-order valence-electron chi connectivity index (χ0n) is 24.5. The van der Waals surface area contributed by atoms with Crippen LogP contribution in [-0.2, 0) is 4.84 Å². The number of aromatic nitrogens is 2. The molecular formula is C31H39F2N7O2. The fourth-order valence-electron chi connectivity index (χ4n) is 6.56. The molecule has 3 saturated heterocycles. The van der Waals surface area contributed by atoms with E-state index in [1.807, 2.05) is 6.07 Å². The van der Waals surface area contributed by atoms with Crippen molar-refractivity contribution in [1.82, 2.24) is 19.8 Å². The lowest BCUT2D eigenvalue weighted by molar-refractivity contribution is 0.0511. The summed E-state index contributed by atoms with van der Waals surface area (Å²) in [5, 5.41) is 4.85. The van der Waals surface area contributed by atoms with Crippen LogP contribution < -0.4 is 20.0 Å². The maximum atomic E-state index is 14.6. The zero-order chi connectivity index (χ0) is 29.2. The molecule has 3 fully saturated rings. The number of ether oxygens (including phenoxy) is 1. The monoisotopic (exact) mass is 579 g/mol. The molecule has 42 heavy (non-hydrogen) atoms. The molecule has 0 spiro atoms. The first-order valence-electron chi connectivity index (χ1n) is 14.7. The molecule has 2 atom stereocenters. The molecule has 3 aromatic rings. The number of likely N-dealkylation sites (N-methyl/N-ethyl adjacent to an activating group) is 1. The number of piperidine rings is 1. The van der Waals surface area contributed by atoms with Gasteiger partial charge in [-0.2, -0.15) is 0 Å². The van der Waals surface area contributed by atoms with E-state index in [0.29, 0.717) is 42.5 Å². The van der Waals surface area contributed by atoms with Crippen molar-refractivity contribution in [3.8, 4) is 5.75 Å². The molecule has 11 heteroatoms. The molecule has 224 valence electrons. The van der Waals surface area contributed by atoms with Crippen molar-refractivity contribution in [2.75, 3.05) is 68.8 Å². The summed E-state index contributed by atoms with van der Waals surface area (Å²) in [6.07, 6.45) is 4.23. The Hall–Kier alpha value is -3.54. The molecule has 3 aliphatic rings. The van der Waals surface area contributed by atoms with Crippen molar-refractivity contribution < 1.29 is 18.4 Å². The van der Waals surface area contributed by atoms with Gasteiger partial charge in [0.25, 0.3) is 0 Å². The molecular weight excluding hydrogens is 540 g/mol. The van der Waals surface area contributed by atoms with Crippen LogP contribution in [0.2, 0.25) is 0 Å². The van der Waals surface area contributed by atoms with Gasteiger partial charge in [0.2, 0.25) is 0 Å². The predicted octanol–water partition coefficient (Wildman–Crippen LogP) is 4.99. The summed E-state index contributed by atoms with van der Waals surface area (Å²) in [7, 11) is 3.87. The third kappa shape index (κ3) is 5.86. The number of hydrogen-bond donors (Lipinski definition) is 1. The third-order valence-electron chi connectivity index (χ3n) is 8.75. The number of halogens is 2. The second kappa shape index (κ2) is 12.4. The van der Waals surface area contributed by atoms with Gasteiger partial charge in [-0.25, -0.2) is 23.8 Å². The van der Waals surface area contributed by atoms with E-state index in [0.717, 1.165) is 63.0 Å². The van der Waals surface area contributed by atoms with E-state index in [2.05, 4.69) is 56.1 Å². The summed E-state index contributed by atoms with van der Waals surface area (Å²) < 4.78 is 34.2. The van der Waals surface area contributed by atoms with Gasteiger partial charge in [0.15, 0.2) is 17.5 Å². The van der Waals surface area contributed by atoms with Crippen LogP contribution >= 0.6 is 0 Å². The van der Waals surface area contributed by atoms with E-state index < -0.39 is 17.7 Å². The van der Waals surface area contributed by atoms with Crippen LogP contribution in [-0.4, -0.2) is 85.3 Å². The molecule has 3 aliphatic heterocycles. The topological polar surface area (TPSA) is 69.2 Å². The fraction of sp³-hybridized carbons (Fsp3) is 0.484. The number of methoxy groups -OCH3 is 1. The Kier molecular flexibility index (Phi) is 8.41. The summed E-state index contributed by atoms with van der Waals surface area (Å²) >= 11 is 0. The van der Waals surface area contributed by atoms with Crippen LogP contribution in [0.4, 0.5) is 31.8 Å². The maximum Gasteiger partial charge on any atom is 0.164 e. The van der Waals surface area contributed by atoms with E-state index in [9.17, 15) is 8.78 Å². The number of benzene rings is 2. The van der Waals surface area contributed by atoms with Gasteiger partial charge in [-0.05, 0) is 45.0 Å². The third-order valence-corrected chi connectivity index (χ3v) is 8.75. The lowest BCUT2D eigenvalue weighted by Crippen LogP contribution is -2.56. The normalized spacial score (nSPS) is 22.5. The highest BCUT2D eigenvalue weighted by Gasteiger charge is 2.33. The highest BCUT2D eigenvalue weighted by atomic mass is 19.2. The highest BCUT2D eigenvalue weighted by Crippen LogP contribution is 2.37. The van der Waals surface area contributed by atoms with Gasteiger partial charge in [0.05, 0.1) is 25.4 Å². The van der Waals surface area contributed by atoms with Crippen molar-refractivity contribution in [3.05, 3.63) is 66.0 Å². The van der Waals surface area contributed by atoms with Crippen LogP contribution in [0.15, 0.2) is 48.8 Å². The standard InChI is InChI=1S/C31H39F2N7O2/c1-21-19-37(2)14-15-39(21)22-9-12-38(13-10-22)23-7-8-26(28(17-23)41-3)36-29-18-30(35-20-34-29)40-27(11-16-42-40)24-5-4-6-25(32)31(24)33/h4-8,17-18,20-22,27H,9-16,19H2,1-3H3,(H,34,35,36)/t21-,27+/m0/s1. The van der Waals surface area contributed by atoms with Crippen molar-refractivity contribution in [2.24, 2.45) is 0 Å². The molecule has 0 radical (unpaired) electrons. The van der Waals surface area contributed by atoms with Crippen molar-refractivity contribution >= 4 is 23.0 Å². The van der Waals surface area contributed by atoms with E-state index in [-0.39, 0.29) is 5.56 Å². The average molecular weight is 580 g/mol. The van der Waals surface area contributed by atoms with Crippen molar-refractivity contribution in [3.63, 3.8) is 0 Å². The lowest BCUT2D eigenvalue weighted by Gasteiger charge is -2.46. The van der Waals surface area contributed by atoms with Gasteiger partial charge in [0.1, 0.15) is 17.9 Å². The molecule has 9 nitrogen and oxygen atoms in total. The number of nitrogens with zero attached hydrogens (tertiary/aromatic N) is 6. The van der Waals surface area contributed by atoms with Crippen LogP contribution in [0.3, 0.4) is 0 Å². The molecule has 4 heterocycles. The van der Waals surface area contributed by atoms with Crippen LogP contribution in [0.25, 0.3) is 0 Å². The quantitative estimate of drug-likeness (QED) is 0.417. The van der Waals surface area contributed by atoms with E-state index in [4.69, 9.17) is 9.57 Å². The molecule has 0 aliphatic carbocycles. The van der Waals surface area contributed by atoms with Gasteiger partial charge >= 0.3 is 0 Å². The van der Waals surface area contributed by atoms with Gasteiger partial charge in [-0.3, -0.25) is 9.74 Å². The van der Waals surface area contributed by atoms with Crippen molar-refractivity contribution in [1.29, 1.82) is 0 Å². The fourth-order valence-corrected chi connectivity index (χ4v) is 6.56. The first-order chi connectivity index (χ1) is 20.4. The Balaban J connectivity index is 1.13. The number of rotatable bonds is 7. The van der Waals surface area contributed by atoms with Crippen molar-refractivity contribution in [2.45, 2.75) is 44.3 Å². The molecule has 0 amide bonds. The van der Waals surface area contributed by atoms with E-state index in [1.54, 1.807) is 19.2 Å². The Labute approximate surface area is 246 Å². The number of nitrogens with one attached hydrogen (secondary N) is 1. The van der Waals surface area contributed by atoms with Gasteiger partial charge in [-0.1, -0.05) is 12.1 Å². The molecule has 0 saturated carbocycles.